The molecule has 0 saturated heterocycles. The van der Waals surface area contributed by atoms with Gasteiger partial charge in [0.15, 0.2) is 0 Å². The largest absolute Gasteiger partial charge is 0.468 e. The second kappa shape index (κ2) is 6.53. The molecule has 1 N–H and O–H groups in total. The number of rotatable bonds is 5. The summed E-state index contributed by atoms with van der Waals surface area (Å²) in [5.74, 6) is -0.263. The van der Waals surface area contributed by atoms with Crippen LogP contribution in [0.15, 0.2) is 24.3 Å². The van der Waals surface area contributed by atoms with Crippen LogP contribution < -0.4 is 5.32 Å². The van der Waals surface area contributed by atoms with E-state index in [4.69, 9.17) is 0 Å². The van der Waals surface area contributed by atoms with Gasteiger partial charge in [-0.05, 0) is 18.1 Å². The lowest BCUT2D eigenvalue weighted by molar-refractivity contribution is -0.139. The van der Waals surface area contributed by atoms with Gasteiger partial charge < -0.3 is 10.1 Å². The Hall–Kier alpha value is -1.03. The molecule has 0 aromatic heterocycles. The van der Waals surface area contributed by atoms with Crippen molar-refractivity contribution in [2.75, 3.05) is 19.0 Å². The van der Waals surface area contributed by atoms with Gasteiger partial charge in [0, 0.05) is 12.2 Å². The lowest BCUT2D eigenvalue weighted by Crippen LogP contribution is -2.24. The highest BCUT2D eigenvalue weighted by Crippen LogP contribution is 2.16. The van der Waals surface area contributed by atoms with E-state index in [1.54, 1.807) is 0 Å². The molecule has 1 atom stereocenters. The average molecular weight is 286 g/mol. The Morgan fingerprint density at radius 1 is 1.50 bits per heavy atom. The number of ether oxygens (including phenoxy) is 1. The van der Waals surface area contributed by atoms with Crippen LogP contribution in [0.25, 0.3) is 0 Å². The van der Waals surface area contributed by atoms with Gasteiger partial charge in [0.05, 0.1) is 7.11 Å². The molecule has 1 rings (SSSR count). The fourth-order valence-corrected chi connectivity index (χ4v) is 1.76. The molecule has 0 aliphatic rings. The Kier molecular flexibility index (Phi) is 5.32. The molecule has 0 spiro atoms. The van der Waals surface area contributed by atoms with Crippen molar-refractivity contribution in [3.8, 4) is 0 Å². The van der Waals surface area contributed by atoms with Gasteiger partial charge in [-0.15, -0.1) is 0 Å². The Morgan fingerprint density at radius 2 is 2.19 bits per heavy atom. The summed E-state index contributed by atoms with van der Waals surface area (Å²) in [5, 5.41) is 3.23. The van der Waals surface area contributed by atoms with Crippen molar-refractivity contribution in [2.24, 2.45) is 0 Å². The number of esters is 1. The number of carbonyl (C=O) groups excluding carboxylic acids is 1. The van der Waals surface area contributed by atoms with E-state index in [9.17, 15) is 4.79 Å². The third-order valence-electron chi connectivity index (χ3n) is 2.33. The van der Waals surface area contributed by atoms with Gasteiger partial charge in [-0.3, -0.25) is 4.79 Å². The van der Waals surface area contributed by atoms with Crippen LogP contribution in [0.5, 0.6) is 0 Å². The van der Waals surface area contributed by atoms with Gasteiger partial charge in [-0.1, -0.05) is 41.1 Å². The molecule has 0 amide bonds. The van der Waals surface area contributed by atoms with Crippen molar-refractivity contribution in [1.82, 2.24) is 0 Å². The second-order valence-electron chi connectivity index (χ2n) is 3.38. The molecule has 0 radical (unpaired) electrons. The fraction of sp³-hybridized carbons (Fsp3) is 0.417. The van der Waals surface area contributed by atoms with Crippen LogP contribution in [0, 0.1) is 0 Å². The molecule has 3 nitrogen and oxygen atoms in total. The summed E-state index contributed by atoms with van der Waals surface area (Å²) in [6, 6.07) is 8.07. The first-order chi connectivity index (χ1) is 7.69. The summed E-state index contributed by atoms with van der Waals surface area (Å²) < 4.78 is 4.63. The summed E-state index contributed by atoms with van der Waals surface area (Å²) >= 11 is 3.27. The Balaban J connectivity index is 2.57. The van der Waals surface area contributed by atoms with Crippen LogP contribution in [0.1, 0.15) is 12.5 Å². The van der Waals surface area contributed by atoms with Crippen LogP contribution in [0.4, 0.5) is 5.69 Å². The van der Waals surface area contributed by atoms with E-state index in [1.807, 2.05) is 18.2 Å². The van der Waals surface area contributed by atoms with Crippen molar-refractivity contribution in [1.29, 1.82) is 0 Å². The zero-order valence-electron chi connectivity index (χ0n) is 9.50. The maximum absolute atomic E-state index is 11.2. The van der Waals surface area contributed by atoms with Crippen molar-refractivity contribution in [3.63, 3.8) is 0 Å². The zero-order valence-corrected chi connectivity index (χ0v) is 11.1. The highest BCUT2D eigenvalue weighted by molar-refractivity contribution is 9.10. The molecular formula is C12H16BrNO2. The number of halogens is 1. The van der Waals surface area contributed by atoms with Crippen molar-refractivity contribution in [2.45, 2.75) is 18.2 Å². The van der Waals surface area contributed by atoms with Gasteiger partial charge >= 0.3 is 5.97 Å². The predicted molar refractivity (Wildman–Crippen MR) is 69.0 cm³/mol. The highest BCUT2D eigenvalue weighted by Gasteiger charge is 2.14. The number of hydrogen-bond acceptors (Lipinski definition) is 3. The molecule has 0 saturated carbocycles. The summed E-state index contributed by atoms with van der Waals surface area (Å²) in [6.07, 6.45) is 0.967. The van der Waals surface area contributed by atoms with E-state index < -0.39 is 0 Å². The van der Waals surface area contributed by atoms with Gasteiger partial charge in [-0.25, -0.2) is 0 Å². The monoisotopic (exact) mass is 285 g/mol. The first-order valence-electron chi connectivity index (χ1n) is 5.22. The highest BCUT2D eigenvalue weighted by atomic mass is 79.9. The molecule has 16 heavy (non-hydrogen) atoms. The molecule has 1 aromatic carbocycles. The number of hydrogen-bond donors (Lipinski definition) is 1. The van der Waals surface area contributed by atoms with Crippen LogP contribution in [-0.4, -0.2) is 24.5 Å². The molecule has 88 valence electrons. The minimum absolute atomic E-state index is 0.263. The number of carbonyl (C=O) groups is 1. The van der Waals surface area contributed by atoms with E-state index in [0.717, 1.165) is 12.1 Å². The average Bonchev–Trinajstić information content (AvgIpc) is 2.35. The third kappa shape index (κ3) is 3.52. The first kappa shape index (κ1) is 13.0. The maximum Gasteiger partial charge on any atom is 0.321 e. The lowest BCUT2D eigenvalue weighted by Gasteiger charge is -2.13. The molecule has 4 heteroatoms. The molecule has 0 bridgehead atoms. The molecule has 1 aromatic rings. The summed E-state index contributed by atoms with van der Waals surface area (Å²) in [7, 11) is 1.39. The standard InChI is InChI=1S/C12H16BrNO2/c1-3-9-6-4-5-7-11(9)14-8-10(13)12(15)16-2/h4-7,10,14H,3,8H2,1-2H3. The summed E-state index contributed by atoms with van der Waals surface area (Å²) in [5.41, 5.74) is 2.31. The molecule has 1 unspecified atom stereocenters. The van der Waals surface area contributed by atoms with Crippen LogP contribution in [0.3, 0.4) is 0 Å². The van der Waals surface area contributed by atoms with Crippen LogP contribution in [0.2, 0.25) is 0 Å². The van der Waals surface area contributed by atoms with Gasteiger partial charge in [0.25, 0.3) is 0 Å². The number of para-hydroxylation sites is 1. The number of aryl methyl sites for hydroxylation is 1. The summed E-state index contributed by atoms with van der Waals surface area (Å²) in [4.78, 5) is 10.9. The Morgan fingerprint density at radius 3 is 2.81 bits per heavy atom. The zero-order chi connectivity index (χ0) is 12.0. The van der Waals surface area contributed by atoms with Gasteiger partial charge in [0.1, 0.15) is 4.83 Å². The van der Waals surface area contributed by atoms with Gasteiger partial charge in [-0.2, -0.15) is 0 Å². The number of methoxy groups -OCH3 is 1. The third-order valence-corrected chi connectivity index (χ3v) is 3.02. The number of anilines is 1. The van der Waals surface area contributed by atoms with Crippen molar-refractivity contribution >= 4 is 27.6 Å². The van der Waals surface area contributed by atoms with Crippen LogP contribution in [-0.2, 0) is 16.0 Å². The van der Waals surface area contributed by atoms with E-state index >= 15 is 0 Å². The maximum atomic E-state index is 11.2. The van der Waals surface area contributed by atoms with E-state index in [1.165, 1.54) is 12.7 Å². The normalized spacial score (nSPS) is 11.9. The first-order valence-corrected chi connectivity index (χ1v) is 6.14. The van der Waals surface area contributed by atoms with Crippen molar-refractivity contribution < 1.29 is 9.53 Å². The number of alkyl halides is 1. The molecular weight excluding hydrogens is 270 g/mol. The molecule has 0 fully saturated rings. The predicted octanol–water partition coefficient (Wildman–Crippen LogP) is 2.60. The smallest absolute Gasteiger partial charge is 0.321 e. The van der Waals surface area contributed by atoms with Crippen LogP contribution >= 0.6 is 15.9 Å². The molecule has 0 heterocycles. The quantitative estimate of drug-likeness (QED) is 0.668. The molecule has 0 aliphatic heterocycles. The Bertz CT molecular complexity index is 355. The lowest BCUT2D eigenvalue weighted by atomic mass is 10.1. The fourth-order valence-electron chi connectivity index (χ4n) is 1.41. The SMILES string of the molecule is CCc1ccccc1NCC(Br)C(=O)OC. The topological polar surface area (TPSA) is 38.3 Å². The number of nitrogens with one attached hydrogen (secondary N) is 1. The van der Waals surface area contributed by atoms with E-state index in [2.05, 4.69) is 39.0 Å². The van der Waals surface area contributed by atoms with E-state index in [-0.39, 0.29) is 10.8 Å². The van der Waals surface area contributed by atoms with Gasteiger partial charge in [0.2, 0.25) is 0 Å². The minimum Gasteiger partial charge on any atom is -0.468 e. The second-order valence-corrected chi connectivity index (χ2v) is 4.49. The van der Waals surface area contributed by atoms with Crippen molar-refractivity contribution in [3.05, 3.63) is 29.8 Å². The minimum atomic E-state index is -0.317. The molecule has 0 aliphatic carbocycles. The summed E-state index contributed by atoms with van der Waals surface area (Å²) in [6.45, 7) is 2.62. The Labute approximate surface area is 104 Å². The van der Waals surface area contributed by atoms with E-state index in [0.29, 0.717) is 6.54 Å². The number of benzene rings is 1.